The van der Waals surface area contributed by atoms with Gasteiger partial charge in [0.15, 0.2) is 0 Å². The number of rotatable bonds is 0. The minimum atomic E-state index is 0.199. The highest BCUT2D eigenvalue weighted by Crippen LogP contribution is 2.47. The molecule has 1 saturated carbocycles. The zero-order valence-electron chi connectivity index (χ0n) is 6.98. The third kappa shape index (κ3) is 1.19. The predicted octanol–water partition coefficient (Wildman–Crippen LogP) is 2.57. The topological polar surface area (TPSA) is 9.23 Å². The van der Waals surface area contributed by atoms with Crippen molar-refractivity contribution in [1.29, 1.82) is 0 Å². The Labute approximate surface area is 73.1 Å². The number of hydrogen-bond acceptors (Lipinski definition) is 1. The normalized spacial score (nSPS) is 50.7. The second-order valence-corrected chi connectivity index (χ2v) is 4.56. The molecule has 1 nitrogen and oxygen atoms in total. The van der Waals surface area contributed by atoms with E-state index in [0.717, 1.165) is 25.4 Å². The molecule has 64 valence electrons. The SMILES string of the molecule is CC1CCC12CC(Cl)CCO2. The molecule has 0 aromatic carbocycles. The molecule has 2 heteroatoms. The van der Waals surface area contributed by atoms with Crippen molar-refractivity contribution < 1.29 is 4.74 Å². The zero-order chi connectivity index (χ0) is 7.90. The summed E-state index contributed by atoms with van der Waals surface area (Å²) in [6.07, 6.45) is 4.67. The monoisotopic (exact) mass is 174 g/mol. The van der Waals surface area contributed by atoms with Crippen LogP contribution >= 0.6 is 11.6 Å². The Balaban J connectivity index is 2.01. The Morgan fingerprint density at radius 3 is 2.64 bits per heavy atom. The Hall–Kier alpha value is 0.250. The second kappa shape index (κ2) is 2.63. The van der Waals surface area contributed by atoms with Crippen molar-refractivity contribution in [3.05, 3.63) is 0 Å². The molecule has 0 aromatic heterocycles. The predicted molar refractivity (Wildman–Crippen MR) is 46.0 cm³/mol. The van der Waals surface area contributed by atoms with Gasteiger partial charge in [0, 0.05) is 12.0 Å². The summed E-state index contributed by atoms with van der Waals surface area (Å²) < 4.78 is 5.80. The molecule has 0 amide bonds. The Morgan fingerprint density at radius 2 is 2.27 bits per heavy atom. The van der Waals surface area contributed by atoms with E-state index < -0.39 is 0 Å². The van der Waals surface area contributed by atoms with Gasteiger partial charge in [-0.1, -0.05) is 6.92 Å². The van der Waals surface area contributed by atoms with Gasteiger partial charge >= 0.3 is 0 Å². The summed E-state index contributed by atoms with van der Waals surface area (Å²) >= 11 is 6.10. The summed E-state index contributed by atoms with van der Waals surface area (Å²) in [4.78, 5) is 0. The van der Waals surface area contributed by atoms with Crippen molar-refractivity contribution in [3.8, 4) is 0 Å². The van der Waals surface area contributed by atoms with Crippen LogP contribution in [0.4, 0.5) is 0 Å². The molecule has 1 saturated heterocycles. The van der Waals surface area contributed by atoms with Crippen LogP contribution in [-0.2, 0) is 4.74 Å². The van der Waals surface area contributed by atoms with Crippen molar-refractivity contribution >= 4 is 11.6 Å². The van der Waals surface area contributed by atoms with Crippen LogP contribution in [0.25, 0.3) is 0 Å². The zero-order valence-corrected chi connectivity index (χ0v) is 7.73. The molecular weight excluding hydrogens is 160 g/mol. The van der Waals surface area contributed by atoms with Crippen LogP contribution in [0.1, 0.15) is 32.6 Å². The van der Waals surface area contributed by atoms with Crippen molar-refractivity contribution in [1.82, 2.24) is 0 Å². The fourth-order valence-corrected chi connectivity index (χ4v) is 2.55. The molecule has 1 aliphatic heterocycles. The average Bonchev–Trinajstić information content (AvgIpc) is 2.02. The Bertz CT molecular complexity index is 160. The highest BCUT2D eigenvalue weighted by atomic mass is 35.5. The fourth-order valence-electron chi connectivity index (χ4n) is 2.20. The average molecular weight is 175 g/mol. The van der Waals surface area contributed by atoms with E-state index in [1.54, 1.807) is 0 Å². The standard InChI is InChI=1S/C9H15ClO/c1-7-2-4-9(7)6-8(10)3-5-11-9/h7-8H,2-6H2,1H3. The number of hydrogen-bond donors (Lipinski definition) is 0. The molecule has 11 heavy (non-hydrogen) atoms. The van der Waals surface area contributed by atoms with Gasteiger partial charge in [-0.2, -0.15) is 0 Å². The Morgan fingerprint density at radius 1 is 1.45 bits per heavy atom. The lowest BCUT2D eigenvalue weighted by Crippen LogP contribution is -2.52. The summed E-state index contributed by atoms with van der Waals surface area (Å²) in [7, 11) is 0. The molecule has 0 N–H and O–H groups in total. The second-order valence-electron chi connectivity index (χ2n) is 3.94. The molecule has 3 unspecified atom stereocenters. The van der Waals surface area contributed by atoms with E-state index in [2.05, 4.69) is 6.92 Å². The third-order valence-corrected chi connectivity index (χ3v) is 3.66. The first-order valence-corrected chi connectivity index (χ1v) is 4.95. The lowest BCUT2D eigenvalue weighted by Gasteiger charge is -2.51. The van der Waals surface area contributed by atoms with Gasteiger partial charge in [-0.05, 0) is 31.6 Å². The van der Waals surface area contributed by atoms with Crippen LogP contribution in [0.2, 0.25) is 0 Å². The Kier molecular flexibility index (Phi) is 1.89. The molecule has 2 fully saturated rings. The first-order chi connectivity index (χ1) is 5.23. The van der Waals surface area contributed by atoms with E-state index in [9.17, 15) is 0 Å². The third-order valence-electron chi connectivity index (χ3n) is 3.29. The lowest BCUT2D eigenvalue weighted by atomic mass is 9.67. The van der Waals surface area contributed by atoms with Gasteiger partial charge in [-0.25, -0.2) is 0 Å². The van der Waals surface area contributed by atoms with Gasteiger partial charge in [0.25, 0.3) is 0 Å². The van der Waals surface area contributed by atoms with Crippen LogP contribution in [0, 0.1) is 5.92 Å². The molecule has 2 aliphatic rings. The van der Waals surface area contributed by atoms with Crippen LogP contribution in [0.3, 0.4) is 0 Å². The van der Waals surface area contributed by atoms with Gasteiger partial charge in [-0.15, -0.1) is 11.6 Å². The maximum Gasteiger partial charge on any atom is 0.0722 e. The fraction of sp³-hybridized carbons (Fsp3) is 1.00. The molecular formula is C9H15ClO. The van der Waals surface area contributed by atoms with Crippen molar-refractivity contribution in [2.75, 3.05) is 6.61 Å². The molecule has 0 aromatic rings. The van der Waals surface area contributed by atoms with Crippen molar-refractivity contribution in [2.24, 2.45) is 5.92 Å². The number of ether oxygens (including phenoxy) is 1. The van der Waals surface area contributed by atoms with E-state index in [1.807, 2.05) is 0 Å². The van der Waals surface area contributed by atoms with Gasteiger partial charge in [0.05, 0.1) is 5.60 Å². The summed E-state index contributed by atoms with van der Waals surface area (Å²) in [5.41, 5.74) is 0.199. The van der Waals surface area contributed by atoms with E-state index in [0.29, 0.717) is 5.38 Å². The molecule has 2 rings (SSSR count). The minimum absolute atomic E-state index is 0.199. The first kappa shape index (κ1) is 7.88. The van der Waals surface area contributed by atoms with E-state index >= 15 is 0 Å². The molecule has 0 radical (unpaired) electrons. The van der Waals surface area contributed by atoms with Gasteiger partial charge in [0.2, 0.25) is 0 Å². The van der Waals surface area contributed by atoms with Gasteiger partial charge < -0.3 is 4.74 Å². The summed E-state index contributed by atoms with van der Waals surface area (Å²) in [6, 6.07) is 0. The van der Waals surface area contributed by atoms with Gasteiger partial charge in [-0.3, -0.25) is 0 Å². The summed E-state index contributed by atoms with van der Waals surface area (Å²) in [5, 5.41) is 0.367. The minimum Gasteiger partial charge on any atom is -0.375 e. The molecule has 1 aliphatic carbocycles. The molecule has 0 bridgehead atoms. The van der Waals surface area contributed by atoms with Crippen molar-refractivity contribution in [3.63, 3.8) is 0 Å². The van der Waals surface area contributed by atoms with Gasteiger partial charge in [0.1, 0.15) is 0 Å². The highest BCUT2D eigenvalue weighted by Gasteiger charge is 2.47. The van der Waals surface area contributed by atoms with E-state index in [-0.39, 0.29) is 5.60 Å². The number of halogens is 1. The molecule has 3 atom stereocenters. The van der Waals surface area contributed by atoms with Crippen LogP contribution in [-0.4, -0.2) is 17.6 Å². The quantitative estimate of drug-likeness (QED) is 0.513. The van der Waals surface area contributed by atoms with E-state index in [1.165, 1.54) is 12.8 Å². The summed E-state index contributed by atoms with van der Waals surface area (Å²) in [5.74, 6) is 0.740. The summed E-state index contributed by atoms with van der Waals surface area (Å²) in [6.45, 7) is 3.15. The largest absolute Gasteiger partial charge is 0.375 e. The van der Waals surface area contributed by atoms with Crippen LogP contribution in [0.5, 0.6) is 0 Å². The first-order valence-electron chi connectivity index (χ1n) is 4.51. The maximum absolute atomic E-state index is 6.10. The highest BCUT2D eigenvalue weighted by molar-refractivity contribution is 6.20. The van der Waals surface area contributed by atoms with Crippen LogP contribution < -0.4 is 0 Å². The number of alkyl halides is 1. The smallest absolute Gasteiger partial charge is 0.0722 e. The lowest BCUT2D eigenvalue weighted by molar-refractivity contribution is -0.163. The van der Waals surface area contributed by atoms with E-state index in [4.69, 9.17) is 16.3 Å². The molecule has 1 spiro atoms. The maximum atomic E-state index is 6.10. The van der Waals surface area contributed by atoms with Crippen LogP contribution in [0.15, 0.2) is 0 Å². The molecule has 1 heterocycles. The van der Waals surface area contributed by atoms with Crippen molar-refractivity contribution in [2.45, 2.75) is 43.6 Å².